The molecule has 5 rings (SSSR count). The number of carbonyl (C=O) groups excluding carboxylic acids is 2. The molecular weight excluding hydrogens is 556 g/mol. The number of aryl methyl sites for hydroxylation is 1. The van der Waals surface area contributed by atoms with Gasteiger partial charge < -0.3 is 30.7 Å². The maximum Gasteiger partial charge on any atom is 0.258 e. The van der Waals surface area contributed by atoms with Crippen LogP contribution in [0.5, 0.6) is 5.88 Å². The molecule has 1 saturated heterocycles. The van der Waals surface area contributed by atoms with Gasteiger partial charge in [0, 0.05) is 62.2 Å². The number of benzene rings is 1. The van der Waals surface area contributed by atoms with Crippen molar-refractivity contribution in [3.8, 4) is 5.88 Å². The molecule has 2 aliphatic heterocycles. The van der Waals surface area contributed by atoms with Crippen molar-refractivity contribution >= 4 is 51.4 Å². The summed E-state index contributed by atoms with van der Waals surface area (Å²) in [5, 5.41) is 28.6. The first kappa shape index (κ1) is 29.4. The fourth-order valence-corrected chi connectivity index (χ4v) is 6.22. The third-order valence-electron chi connectivity index (χ3n) is 7.16. The average Bonchev–Trinajstić information content (AvgIpc) is 3.50. The van der Waals surface area contributed by atoms with Gasteiger partial charge in [-0.3, -0.25) is 19.9 Å². The Hall–Kier alpha value is -4.07. The molecule has 2 amide bonds. The molecule has 2 aromatic heterocycles. The molecule has 0 spiro atoms. The molecule has 13 heteroatoms. The summed E-state index contributed by atoms with van der Waals surface area (Å²) in [7, 11) is 0. The first-order valence-electron chi connectivity index (χ1n) is 13.9. The minimum Gasteiger partial charge on any atom is -0.492 e. The van der Waals surface area contributed by atoms with Crippen LogP contribution in [0.4, 0.5) is 22.2 Å². The standard InChI is InChI=1S/C29H36N8O4S/c1-16-12-23-22(26(32-16)33-19(4)38)8-10-37(23)29(40)20-6-5-7-21(13-20)34-28-24(27(39)35-42-28)25(30)31-9-11-36-14-17(2)41-18(3)15-36/h5-7,12-13,17-18,34H,8-11,14-15H2,1-4H3,(H2,30,31)(H,35,39)(H,32,33,38). The highest BCUT2D eigenvalue weighted by molar-refractivity contribution is 7.11. The van der Waals surface area contributed by atoms with Gasteiger partial charge in [-0.1, -0.05) is 6.07 Å². The number of ether oxygens (including phenoxy) is 1. The fraction of sp³-hybridized carbons (Fsp3) is 0.414. The van der Waals surface area contributed by atoms with Crippen molar-refractivity contribution in [2.45, 2.75) is 46.3 Å². The highest BCUT2D eigenvalue weighted by Crippen LogP contribution is 2.36. The second-order valence-electron chi connectivity index (χ2n) is 10.7. The molecule has 0 radical (unpaired) electrons. The Bertz CT molecular complexity index is 1500. The van der Waals surface area contributed by atoms with Crippen LogP contribution in [0, 0.1) is 12.3 Å². The van der Waals surface area contributed by atoms with Crippen molar-refractivity contribution in [3.63, 3.8) is 0 Å². The van der Waals surface area contributed by atoms with Gasteiger partial charge >= 0.3 is 0 Å². The molecule has 0 bridgehead atoms. The Morgan fingerprint density at radius 3 is 2.71 bits per heavy atom. The lowest BCUT2D eigenvalue weighted by Crippen LogP contribution is -2.47. The lowest BCUT2D eigenvalue weighted by Gasteiger charge is -2.35. The van der Waals surface area contributed by atoms with Crippen molar-refractivity contribution in [3.05, 3.63) is 52.7 Å². The third kappa shape index (κ3) is 6.53. The van der Waals surface area contributed by atoms with E-state index in [1.54, 1.807) is 23.1 Å². The van der Waals surface area contributed by atoms with Crippen molar-refractivity contribution in [1.29, 1.82) is 5.41 Å². The Labute approximate surface area is 248 Å². The van der Waals surface area contributed by atoms with Gasteiger partial charge in [-0.05, 0) is 63.0 Å². The van der Waals surface area contributed by atoms with E-state index in [1.807, 2.05) is 19.1 Å². The zero-order chi connectivity index (χ0) is 30.0. The van der Waals surface area contributed by atoms with E-state index < -0.39 is 0 Å². The summed E-state index contributed by atoms with van der Waals surface area (Å²) in [5.41, 5.74) is 3.66. The molecule has 5 N–H and O–H groups in total. The smallest absolute Gasteiger partial charge is 0.258 e. The van der Waals surface area contributed by atoms with Gasteiger partial charge in [-0.25, -0.2) is 4.98 Å². The Kier molecular flexibility index (Phi) is 8.71. The summed E-state index contributed by atoms with van der Waals surface area (Å²) in [6.07, 6.45) is 0.919. The van der Waals surface area contributed by atoms with Crippen LogP contribution >= 0.6 is 11.5 Å². The van der Waals surface area contributed by atoms with E-state index in [2.05, 4.69) is 44.1 Å². The molecule has 42 heavy (non-hydrogen) atoms. The number of nitrogens with one attached hydrogen (secondary N) is 4. The maximum atomic E-state index is 13.6. The Morgan fingerprint density at radius 1 is 1.21 bits per heavy atom. The largest absolute Gasteiger partial charge is 0.492 e. The van der Waals surface area contributed by atoms with Crippen LogP contribution in [0.15, 0.2) is 30.3 Å². The van der Waals surface area contributed by atoms with Gasteiger partial charge in [0.25, 0.3) is 5.91 Å². The number of aromatic hydroxyl groups is 1. The molecule has 1 fully saturated rings. The predicted molar refractivity (Wildman–Crippen MR) is 163 cm³/mol. The van der Waals surface area contributed by atoms with Gasteiger partial charge in [-0.2, -0.15) is 4.37 Å². The van der Waals surface area contributed by atoms with Crippen molar-refractivity contribution in [1.82, 2.24) is 19.6 Å². The molecule has 3 aromatic rings. The van der Waals surface area contributed by atoms with E-state index in [-0.39, 0.29) is 41.3 Å². The predicted octanol–water partition coefficient (Wildman–Crippen LogP) is 3.48. The average molecular weight is 593 g/mol. The molecule has 2 atom stereocenters. The highest BCUT2D eigenvalue weighted by atomic mass is 32.1. The number of hydrogen-bond acceptors (Lipinski definition) is 10. The molecule has 0 aliphatic carbocycles. The third-order valence-corrected chi connectivity index (χ3v) is 7.91. The minimum absolute atomic E-state index is 0.0676. The number of carbonyl (C=O) groups is 2. The van der Waals surface area contributed by atoms with Crippen LogP contribution in [0.2, 0.25) is 0 Å². The SMILES string of the molecule is CC(=O)Nc1nc(C)cc2c1CCN2C(=O)c1cccc(Nc2snc(O)c2C(=N)NCCN2CC(C)OC(C)C2)c1. The summed E-state index contributed by atoms with van der Waals surface area (Å²) in [6.45, 7) is 10.8. The molecular formula is C29H36N8O4S. The molecule has 12 nitrogen and oxygen atoms in total. The summed E-state index contributed by atoms with van der Waals surface area (Å²) in [5.74, 6) is -0.0559. The van der Waals surface area contributed by atoms with Crippen molar-refractivity contribution in [2.24, 2.45) is 0 Å². The lowest BCUT2D eigenvalue weighted by atomic mass is 10.1. The van der Waals surface area contributed by atoms with E-state index >= 15 is 0 Å². The lowest BCUT2D eigenvalue weighted by molar-refractivity contribution is -0.114. The number of amides is 2. The van der Waals surface area contributed by atoms with Gasteiger partial charge in [0.1, 0.15) is 22.2 Å². The van der Waals surface area contributed by atoms with Crippen molar-refractivity contribution < 1.29 is 19.4 Å². The number of pyridine rings is 1. The Balaban J connectivity index is 1.27. The highest BCUT2D eigenvalue weighted by Gasteiger charge is 2.29. The number of amidine groups is 1. The number of morpholine rings is 1. The molecule has 222 valence electrons. The van der Waals surface area contributed by atoms with E-state index in [4.69, 9.17) is 10.1 Å². The molecule has 1 aromatic carbocycles. The summed E-state index contributed by atoms with van der Waals surface area (Å²) >= 11 is 1.04. The van der Waals surface area contributed by atoms with Crippen LogP contribution in [-0.2, 0) is 16.0 Å². The van der Waals surface area contributed by atoms with Crippen molar-refractivity contribution in [2.75, 3.05) is 48.3 Å². The topological polar surface area (TPSA) is 156 Å². The normalized spacial score (nSPS) is 18.4. The summed E-state index contributed by atoms with van der Waals surface area (Å²) in [6, 6.07) is 8.94. The molecule has 2 aliphatic rings. The number of hydrogen-bond donors (Lipinski definition) is 5. The van der Waals surface area contributed by atoms with Crippen LogP contribution in [0.1, 0.15) is 48.0 Å². The number of aromatic nitrogens is 2. The van der Waals surface area contributed by atoms with Crippen LogP contribution in [0.3, 0.4) is 0 Å². The van der Waals surface area contributed by atoms with E-state index in [0.717, 1.165) is 42.4 Å². The quantitative estimate of drug-likeness (QED) is 0.195. The first-order chi connectivity index (χ1) is 20.1. The van der Waals surface area contributed by atoms with Crippen LogP contribution < -0.4 is 20.9 Å². The number of fused-ring (bicyclic) bond motifs is 1. The summed E-state index contributed by atoms with van der Waals surface area (Å²) in [4.78, 5) is 33.7. The zero-order valence-corrected chi connectivity index (χ0v) is 25.0. The number of rotatable bonds is 8. The second-order valence-corrected chi connectivity index (χ2v) is 11.5. The van der Waals surface area contributed by atoms with Gasteiger partial charge in [-0.15, -0.1) is 0 Å². The molecule has 0 saturated carbocycles. The zero-order valence-electron chi connectivity index (χ0n) is 24.2. The number of anilines is 4. The monoisotopic (exact) mass is 592 g/mol. The van der Waals surface area contributed by atoms with Gasteiger partial charge in [0.05, 0.1) is 17.9 Å². The maximum absolute atomic E-state index is 13.6. The van der Waals surface area contributed by atoms with E-state index in [9.17, 15) is 14.7 Å². The fourth-order valence-electron chi connectivity index (χ4n) is 5.50. The molecule has 2 unspecified atom stereocenters. The Morgan fingerprint density at radius 2 is 1.98 bits per heavy atom. The van der Waals surface area contributed by atoms with Gasteiger partial charge in [0.2, 0.25) is 11.8 Å². The number of nitrogens with zero attached hydrogens (tertiary/aromatic N) is 4. The second kappa shape index (κ2) is 12.4. The first-order valence-corrected chi connectivity index (χ1v) is 14.7. The van der Waals surface area contributed by atoms with Crippen LogP contribution in [-0.4, -0.2) is 81.9 Å². The van der Waals surface area contributed by atoms with Gasteiger partial charge in [0.15, 0.2) is 0 Å². The van der Waals surface area contributed by atoms with E-state index in [1.165, 1.54) is 6.92 Å². The minimum atomic E-state index is -0.228. The van der Waals surface area contributed by atoms with E-state index in [0.29, 0.717) is 47.3 Å². The van der Waals surface area contributed by atoms with Crippen LogP contribution in [0.25, 0.3) is 0 Å². The summed E-state index contributed by atoms with van der Waals surface area (Å²) < 4.78 is 9.84. The molecule has 4 heterocycles.